The second-order valence-corrected chi connectivity index (χ2v) is 3.80. The van der Waals surface area contributed by atoms with Crippen LogP contribution in [-0.4, -0.2) is 34.1 Å². The van der Waals surface area contributed by atoms with Gasteiger partial charge in [-0.3, -0.25) is 10.1 Å². The molecular formula is C11H13N5O3. The van der Waals surface area contributed by atoms with Crippen molar-refractivity contribution in [2.45, 2.75) is 6.54 Å². The molecule has 0 spiro atoms. The lowest BCUT2D eigenvalue weighted by Gasteiger charge is -2.04. The topological polar surface area (TPSA) is 95.1 Å². The van der Waals surface area contributed by atoms with Gasteiger partial charge in [-0.2, -0.15) is 0 Å². The number of nitro groups is 1. The molecule has 0 aliphatic rings. The number of benzene rings is 1. The lowest BCUT2D eigenvalue weighted by Crippen LogP contribution is -2.05. The number of ether oxygens (including phenoxy) is 1. The third-order valence-corrected chi connectivity index (χ3v) is 2.52. The van der Waals surface area contributed by atoms with E-state index < -0.39 is 4.92 Å². The highest BCUT2D eigenvalue weighted by atomic mass is 16.6. The molecule has 1 aromatic carbocycles. The van der Waals surface area contributed by atoms with Gasteiger partial charge in [-0.05, 0) is 19.2 Å². The van der Waals surface area contributed by atoms with E-state index in [2.05, 4.69) is 15.6 Å². The van der Waals surface area contributed by atoms with Crippen LogP contribution in [0.3, 0.4) is 0 Å². The largest absolute Gasteiger partial charge is 0.496 e. The maximum Gasteiger partial charge on any atom is 0.298 e. The molecule has 0 aliphatic heterocycles. The molecule has 0 aliphatic carbocycles. The maximum atomic E-state index is 11.1. The smallest absolute Gasteiger partial charge is 0.298 e. The first-order valence-corrected chi connectivity index (χ1v) is 5.54. The summed E-state index contributed by atoms with van der Waals surface area (Å²) >= 11 is 0. The Morgan fingerprint density at radius 1 is 1.53 bits per heavy atom. The van der Waals surface area contributed by atoms with Crippen LogP contribution in [0.5, 0.6) is 5.75 Å². The minimum Gasteiger partial charge on any atom is -0.496 e. The minimum atomic E-state index is -0.475. The fourth-order valence-corrected chi connectivity index (χ4v) is 1.65. The fraction of sp³-hybridized carbons (Fsp3) is 0.273. The molecule has 1 N–H and O–H groups in total. The molecule has 0 amide bonds. The minimum absolute atomic E-state index is 0.0831. The van der Waals surface area contributed by atoms with E-state index in [4.69, 9.17) is 4.74 Å². The van der Waals surface area contributed by atoms with Gasteiger partial charge in [-0.1, -0.05) is 5.21 Å². The Morgan fingerprint density at radius 3 is 2.95 bits per heavy atom. The van der Waals surface area contributed by atoms with Crippen LogP contribution in [0.2, 0.25) is 0 Å². The molecule has 0 unspecified atom stereocenters. The Bertz CT molecular complexity index is 596. The molecule has 2 aromatic rings. The van der Waals surface area contributed by atoms with Crippen LogP contribution in [0, 0.1) is 10.1 Å². The average Bonchev–Trinajstić information content (AvgIpc) is 2.87. The second kappa shape index (κ2) is 5.44. The Morgan fingerprint density at radius 2 is 2.32 bits per heavy atom. The van der Waals surface area contributed by atoms with Gasteiger partial charge in [0.05, 0.1) is 30.0 Å². The molecular weight excluding hydrogens is 250 g/mol. The van der Waals surface area contributed by atoms with Crippen LogP contribution in [-0.2, 0) is 6.54 Å². The van der Waals surface area contributed by atoms with Gasteiger partial charge in [0, 0.05) is 6.54 Å². The summed E-state index contributed by atoms with van der Waals surface area (Å²) in [5.74, 6) is 0.422. The zero-order valence-electron chi connectivity index (χ0n) is 10.5. The number of nitro benzene ring substituents is 1. The van der Waals surface area contributed by atoms with Crippen molar-refractivity contribution in [2.24, 2.45) is 0 Å². The summed E-state index contributed by atoms with van der Waals surface area (Å²) in [6, 6.07) is 4.57. The first-order valence-electron chi connectivity index (χ1n) is 5.54. The van der Waals surface area contributed by atoms with Gasteiger partial charge < -0.3 is 10.1 Å². The summed E-state index contributed by atoms with van der Waals surface area (Å²) in [4.78, 5) is 10.6. The number of hydrogen-bond acceptors (Lipinski definition) is 6. The fourth-order valence-electron chi connectivity index (χ4n) is 1.65. The Kier molecular flexibility index (Phi) is 3.71. The summed E-state index contributed by atoms with van der Waals surface area (Å²) < 4.78 is 6.36. The molecule has 2 rings (SSSR count). The summed E-state index contributed by atoms with van der Waals surface area (Å²) in [6.07, 6.45) is 1.64. The SMILES string of the molecule is CNCc1cn(-c2ccc(OC)cc2[N+](=O)[O-])nn1. The van der Waals surface area contributed by atoms with E-state index >= 15 is 0 Å². The highest BCUT2D eigenvalue weighted by molar-refractivity contribution is 5.55. The quantitative estimate of drug-likeness (QED) is 0.636. The van der Waals surface area contributed by atoms with E-state index in [1.807, 2.05) is 0 Å². The van der Waals surface area contributed by atoms with Crippen molar-refractivity contribution in [2.75, 3.05) is 14.2 Å². The average molecular weight is 263 g/mol. The van der Waals surface area contributed by atoms with E-state index in [1.165, 1.54) is 17.9 Å². The molecule has 0 saturated heterocycles. The summed E-state index contributed by atoms with van der Waals surface area (Å²) in [5, 5.41) is 21.8. The number of nitrogens with zero attached hydrogens (tertiary/aromatic N) is 4. The lowest BCUT2D eigenvalue weighted by molar-refractivity contribution is -0.384. The number of hydrogen-bond donors (Lipinski definition) is 1. The molecule has 0 atom stereocenters. The first-order chi connectivity index (χ1) is 9.15. The van der Waals surface area contributed by atoms with Crippen molar-refractivity contribution in [1.29, 1.82) is 0 Å². The molecule has 100 valence electrons. The van der Waals surface area contributed by atoms with E-state index in [0.29, 0.717) is 23.7 Å². The van der Waals surface area contributed by atoms with Gasteiger partial charge in [0.15, 0.2) is 0 Å². The highest BCUT2D eigenvalue weighted by Crippen LogP contribution is 2.27. The zero-order valence-corrected chi connectivity index (χ0v) is 10.5. The standard InChI is InChI=1S/C11H13N5O3/c1-12-6-8-7-15(14-13-8)10-4-3-9(19-2)5-11(10)16(17)18/h3-5,7,12H,6H2,1-2H3. The van der Waals surface area contributed by atoms with Crippen molar-refractivity contribution < 1.29 is 9.66 Å². The third kappa shape index (κ3) is 2.68. The molecule has 8 nitrogen and oxygen atoms in total. The summed E-state index contributed by atoms with van der Waals surface area (Å²) in [5.41, 5.74) is 0.966. The Hall–Kier alpha value is -2.48. The number of nitrogens with one attached hydrogen (secondary N) is 1. The maximum absolute atomic E-state index is 11.1. The van der Waals surface area contributed by atoms with Gasteiger partial charge in [0.25, 0.3) is 5.69 Å². The van der Waals surface area contributed by atoms with Gasteiger partial charge in [0.2, 0.25) is 0 Å². The normalized spacial score (nSPS) is 10.4. The van der Waals surface area contributed by atoms with Crippen molar-refractivity contribution in [3.05, 3.63) is 40.2 Å². The Balaban J connectivity index is 2.45. The molecule has 19 heavy (non-hydrogen) atoms. The number of aromatic nitrogens is 3. The van der Waals surface area contributed by atoms with Crippen LogP contribution in [0.15, 0.2) is 24.4 Å². The number of methoxy groups -OCH3 is 1. The molecule has 0 fully saturated rings. The molecule has 0 bridgehead atoms. The van der Waals surface area contributed by atoms with E-state index in [-0.39, 0.29) is 5.69 Å². The van der Waals surface area contributed by atoms with Gasteiger partial charge >= 0.3 is 0 Å². The van der Waals surface area contributed by atoms with Crippen LogP contribution in [0.25, 0.3) is 5.69 Å². The summed E-state index contributed by atoms with van der Waals surface area (Å²) in [7, 11) is 3.24. The lowest BCUT2D eigenvalue weighted by atomic mass is 10.2. The van der Waals surface area contributed by atoms with E-state index in [9.17, 15) is 10.1 Å². The second-order valence-electron chi connectivity index (χ2n) is 3.80. The van der Waals surface area contributed by atoms with E-state index in [0.717, 1.165) is 0 Å². The van der Waals surface area contributed by atoms with Crippen LogP contribution in [0.1, 0.15) is 5.69 Å². The van der Waals surface area contributed by atoms with Gasteiger partial charge in [-0.15, -0.1) is 5.10 Å². The molecule has 0 saturated carbocycles. The van der Waals surface area contributed by atoms with Crippen LogP contribution >= 0.6 is 0 Å². The number of rotatable bonds is 5. The zero-order chi connectivity index (χ0) is 13.8. The predicted molar refractivity (Wildman–Crippen MR) is 67.3 cm³/mol. The third-order valence-electron chi connectivity index (χ3n) is 2.52. The van der Waals surface area contributed by atoms with Crippen molar-refractivity contribution >= 4 is 5.69 Å². The highest BCUT2D eigenvalue weighted by Gasteiger charge is 2.18. The first kappa shape index (κ1) is 13.0. The Labute approximate surface area is 109 Å². The summed E-state index contributed by atoms with van der Waals surface area (Å²) in [6.45, 7) is 0.546. The van der Waals surface area contributed by atoms with Gasteiger partial charge in [-0.25, -0.2) is 4.68 Å². The molecule has 8 heteroatoms. The monoisotopic (exact) mass is 263 g/mol. The van der Waals surface area contributed by atoms with Gasteiger partial charge in [0.1, 0.15) is 11.4 Å². The van der Waals surface area contributed by atoms with Crippen molar-refractivity contribution in [3.8, 4) is 11.4 Å². The van der Waals surface area contributed by atoms with E-state index in [1.54, 1.807) is 25.4 Å². The van der Waals surface area contributed by atoms with Crippen molar-refractivity contribution in [3.63, 3.8) is 0 Å². The van der Waals surface area contributed by atoms with Crippen LogP contribution in [0.4, 0.5) is 5.69 Å². The predicted octanol–water partition coefficient (Wildman–Crippen LogP) is 0.903. The van der Waals surface area contributed by atoms with Crippen molar-refractivity contribution in [1.82, 2.24) is 20.3 Å². The molecule has 1 aromatic heterocycles. The molecule has 0 radical (unpaired) electrons. The molecule has 1 heterocycles. The van der Waals surface area contributed by atoms with Crippen LogP contribution < -0.4 is 10.1 Å².